The molecule has 4 nitrogen and oxygen atoms in total. The van der Waals surface area contributed by atoms with Crippen LogP contribution in [0.5, 0.6) is 0 Å². The Morgan fingerprint density at radius 3 is 1.27 bits per heavy atom. The van der Waals surface area contributed by atoms with Crippen molar-refractivity contribution in [3.8, 4) is 0 Å². The highest BCUT2D eigenvalue weighted by atomic mass is 16.3. The van der Waals surface area contributed by atoms with Crippen molar-refractivity contribution in [2.24, 2.45) is 0 Å². The largest absolute Gasteiger partial charge is 0.507 e. The van der Waals surface area contributed by atoms with Crippen LogP contribution in [0.15, 0.2) is 72.8 Å². The maximum atomic E-state index is 11.8. The first-order valence-electron chi connectivity index (χ1n) is 6.58. The second-order valence-electron chi connectivity index (χ2n) is 4.52. The van der Waals surface area contributed by atoms with Crippen LogP contribution < -0.4 is 0 Å². The summed E-state index contributed by atoms with van der Waals surface area (Å²) in [5.74, 6) is -2.43. The molecule has 0 radical (unpaired) electrons. The predicted molar refractivity (Wildman–Crippen MR) is 84.1 cm³/mol. The highest BCUT2D eigenvalue weighted by Gasteiger charge is 2.12. The van der Waals surface area contributed by atoms with Gasteiger partial charge in [-0.3, -0.25) is 9.59 Å². The van der Waals surface area contributed by atoms with Gasteiger partial charge in [0.25, 0.3) is 0 Å². The third-order valence-electron chi connectivity index (χ3n) is 2.92. The third-order valence-corrected chi connectivity index (χ3v) is 2.92. The van der Waals surface area contributed by atoms with E-state index in [1.165, 1.54) is 0 Å². The second-order valence-corrected chi connectivity index (χ2v) is 4.52. The maximum Gasteiger partial charge on any atom is 0.229 e. The van der Waals surface area contributed by atoms with Gasteiger partial charge in [0.1, 0.15) is 11.5 Å². The number of carbonyl (C=O) groups is 2. The Labute approximate surface area is 127 Å². The number of aliphatic hydroxyl groups excluding tert-OH is 2. The molecule has 2 N–H and O–H groups in total. The van der Waals surface area contributed by atoms with Gasteiger partial charge in [0.05, 0.1) is 0 Å². The van der Waals surface area contributed by atoms with Crippen molar-refractivity contribution in [3.05, 3.63) is 83.9 Å². The summed E-state index contributed by atoms with van der Waals surface area (Å²) in [6.45, 7) is 0. The topological polar surface area (TPSA) is 74.6 Å². The van der Waals surface area contributed by atoms with E-state index in [1.54, 1.807) is 60.7 Å². The predicted octanol–water partition coefficient (Wildman–Crippen LogP) is 3.32. The summed E-state index contributed by atoms with van der Waals surface area (Å²) in [4.78, 5) is 23.5. The van der Waals surface area contributed by atoms with E-state index < -0.39 is 11.6 Å². The third kappa shape index (κ3) is 3.93. The average Bonchev–Trinajstić information content (AvgIpc) is 2.56. The summed E-state index contributed by atoms with van der Waals surface area (Å²) in [5, 5.41) is 19.6. The van der Waals surface area contributed by atoms with E-state index in [0.29, 0.717) is 11.1 Å². The van der Waals surface area contributed by atoms with Gasteiger partial charge in [0.15, 0.2) is 0 Å². The zero-order valence-electron chi connectivity index (χ0n) is 11.6. The van der Waals surface area contributed by atoms with E-state index >= 15 is 0 Å². The van der Waals surface area contributed by atoms with Crippen LogP contribution in [0.3, 0.4) is 0 Å². The minimum absolute atomic E-state index is 0.299. The number of rotatable bonds is 5. The molecule has 0 heterocycles. The molecule has 0 saturated heterocycles. The maximum absolute atomic E-state index is 11.8. The van der Waals surface area contributed by atoms with Gasteiger partial charge >= 0.3 is 0 Å². The fraction of sp³-hybridized carbons (Fsp3) is 0. The molecule has 2 aromatic rings. The molecule has 0 bridgehead atoms. The summed E-state index contributed by atoms with van der Waals surface area (Å²) in [6, 6.07) is 16.8. The molecule has 0 spiro atoms. The summed E-state index contributed by atoms with van der Waals surface area (Å²) < 4.78 is 0. The van der Waals surface area contributed by atoms with Gasteiger partial charge in [-0.1, -0.05) is 60.7 Å². The lowest BCUT2D eigenvalue weighted by atomic mass is 10.1. The molecule has 0 amide bonds. The SMILES string of the molecule is O=C(C=C(O)c1ccccc1)C(=O)C=C(O)c1ccccc1. The standard InChI is InChI=1S/C18H14O4/c19-15(13-7-3-1-4-8-13)11-17(21)18(22)12-16(20)14-9-5-2-6-10-14/h1-12,19-20H. The Hall–Kier alpha value is -3.14. The Morgan fingerprint density at radius 2 is 0.955 bits per heavy atom. The molecule has 0 aliphatic carbocycles. The smallest absolute Gasteiger partial charge is 0.229 e. The molecule has 0 aliphatic heterocycles. The van der Waals surface area contributed by atoms with Gasteiger partial charge < -0.3 is 10.2 Å². The Balaban J connectivity index is 2.15. The van der Waals surface area contributed by atoms with Crippen LogP contribution in [-0.4, -0.2) is 21.8 Å². The minimum atomic E-state index is -0.913. The number of hydrogen-bond acceptors (Lipinski definition) is 4. The molecular weight excluding hydrogens is 280 g/mol. The van der Waals surface area contributed by atoms with Crippen LogP contribution in [-0.2, 0) is 9.59 Å². The summed E-state index contributed by atoms with van der Waals surface area (Å²) in [5.41, 5.74) is 0.861. The highest BCUT2D eigenvalue weighted by molar-refractivity contribution is 6.47. The van der Waals surface area contributed by atoms with Gasteiger partial charge in [-0.2, -0.15) is 0 Å². The van der Waals surface area contributed by atoms with E-state index in [0.717, 1.165) is 12.2 Å². The average molecular weight is 294 g/mol. The van der Waals surface area contributed by atoms with Crippen molar-refractivity contribution in [3.63, 3.8) is 0 Å². The Morgan fingerprint density at radius 1 is 0.636 bits per heavy atom. The van der Waals surface area contributed by atoms with Crippen molar-refractivity contribution in [2.45, 2.75) is 0 Å². The van der Waals surface area contributed by atoms with E-state index in [1.807, 2.05) is 0 Å². The first-order valence-corrected chi connectivity index (χ1v) is 6.58. The highest BCUT2D eigenvalue weighted by Crippen LogP contribution is 2.12. The fourth-order valence-corrected chi connectivity index (χ4v) is 1.78. The number of ketones is 2. The zero-order valence-corrected chi connectivity index (χ0v) is 11.6. The monoisotopic (exact) mass is 294 g/mol. The van der Waals surface area contributed by atoms with E-state index in [4.69, 9.17) is 0 Å². The molecule has 110 valence electrons. The number of carbonyl (C=O) groups excluding carboxylic acids is 2. The van der Waals surface area contributed by atoms with Crippen LogP contribution >= 0.6 is 0 Å². The first kappa shape index (κ1) is 15.3. The number of hydrogen-bond donors (Lipinski definition) is 2. The van der Waals surface area contributed by atoms with Crippen molar-refractivity contribution in [1.29, 1.82) is 0 Å². The molecule has 0 unspecified atom stereocenters. The zero-order chi connectivity index (χ0) is 15.9. The molecule has 0 aromatic heterocycles. The van der Waals surface area contributed by atoms with Crippen LogP contribution in [0.25, 0.3) is 11.5 Å². The molecule has 2 aromatic carbocycles. The number of aliphatic hydroxyl groups is 2. The Kier molecular flexibility index (Phi) is 4.88. The molecule has 0 fully saturated rings. The van der Waals surface area contributed by atoms with Gasteiger partial charge in [0.2, 0.25) is 11.6 Å². The molecule has 4 heteroatoms. The van der Waals surface area contributed by atoms with Gasteiger partial charge in [-0.25, -0.2) is 0 Å². The van der Waals surface area contributed by atoms with Crippen molar-refractivity contribution in [1.82, 2.24) is 0 Å². The summed E-state index contributed by atoms with van der Waals surface area (Å²) >= 11 is 0. The molecular formula is C18H14O4. The van der Waals surface area contributed by atoms with Crippen LogP contribution in [0.4, 0.5) is 0 Å². The number of allylic oxidation sites excluding steroid dienone is 2. The lowest BCUT2D eigenvalue weighted by molar-refractivity contribution is -0.130. The lowest BCUT2D eigenvalue weighted by Gasteiger charge is -2.00. The number of benzene rings is 2. The van der Waals surface area contributed by atoms with Gasteiger partial charge in [-0.05, 0) is 0 Å². The van der Waals surface area contributed by atoms with E-state index in [-0.39, 0.29) is 11.5 Å². The lowest BCUT2D eigenvalue weighted by Crippen LogP contribution is -2.09. The summed E-state index contributed by atoms with van der Waals surface area (Å²) in [7, 11) is 0. The molecule has 2 rings (SSSR count). The van der Waals surface area contributed by atoms with Crippen LogP contribution in [0, 0.1) is 0 Å². The fourth-order valence-electron chi connectivity index (χ4n) is 1.78. The van der Waals surface area contributed by atoms with Crippen LogP contribution in [0.2, 0.25) is 0 Å². The van der Waals surface area contributed by atoms with Crippen molar-refractivity contribution >= 4 is 23.1 Å². The van der Waals surface area contributed by atoms with E-state index in [2.05, 4.69) is 0 Å². The van der Waals surface area contributed by atoms with Crippen molar-refractivity contribution < 1.29 is 19.8 Å². The molecule has 22 heavy (non-hydrogen) atoms. The first-order chi connectivity index (χ1) is 10.6. The summed E-state index contributed by atoms with van der Waals surface area (Å²) in [6.07, 6.45) is 1.68. The normalized spacial score (nSPS) is 12.0. The van der Waals surface area contributed by atoms with Crippen molar-refractivity contribution in [2.75, 3.05) is 0 Å². The molecule has 0 aliphatic rings. The second kappa shape index (κ2) is 7.04. The molecule has 0 saturated carbocycles. The minimum Gasteiger partial charge on any atom is -0.507 e. The van der Waals surface area contributed by atoms with E-state index in [9.17, 15) is 19.8 Å². The Bertz CT molecular complexity index is 663. The quantitative estimate of drug-likeness (QED) is 0.504. The van der Waals surface area contributed by atoms with Gasteiger partial charge in [-0.15, -0.1) is 0 Å². The van der Waals surface area contributed by atoms with Gasteiger partial charge in [0, 0.05) is 23.3 Å². The molecule has 0 atom stereocenters. The van der Waals surface area contributed by atoms with Crippen LogP contribution in [0.1, 0.15) is 11.1 Å².